The van der Waals surface area contributed by atoms with E-state index >= 15 is 0 Å². The van der Waals surface area contributed by atoms with Crippen molar-refractivity contribution >= 4 is 12.0 Å². The van der Waals surface area contributed by atoms with Crippen LogP contribution in [0.1, 0.15) is 51.7 Å². The van der Waals surface area contributed by atoms with Crippen molar-refractivity contribution in [3.63, 3.8) is 0 Å². The van der Waals surface area contributed by atoms with Crippen LogP contribution in [0.15, 0.2) is 18.3 Å². The number of carbonyl (C=O) groups excluding carboxylic acids is 1. The largest absolute Gasteiger partial charge is 0.481 e. The third-order valence-corrected chi connectivity index (χ3v) is 2.83. The molecule has 0 aliphatic carbocycles. The van der Waals surface area contributed by atoms with Gasteiger partial charge in [0.2, 0.25) is 5.88 Å². The number of pyridine rings is 1. The van der Waals surface area contributed by atoms with E-state index in [0.717, 1.165) is 30.4 Å². The topological polar surface area (TPSA) is 48.4 Å². The van der Waals surface area contributed by atoms with Crippen LogP contribution in [0.5, 0.6) is 5.88 Å². The van der Waals surface area contributed by atoms with Gasteiger partial charge in [-0.1, -0.05) is 13.3 Å². The van der Waals surface area contributed by atoms with E-state index in [1.807, 2.05) is 26.8 Å². The van der Waals surface area contributed by atoms with E-state index < -0.39 is 5.60 Å². The number of unbranched alkanes of at least 4 members (excludes halogenated alkanes) is 1. The molecule has 4 heteroatoms. The summed E-state index contributed by atoms with van der Waals surface area (Å²) in [5.41, 5.74) is 1.48. The number of carbonyl (C=O) groups is 1. The van der Waals surface area contributed by atoms with Gasteiger partial charge in [0.15, 0.2) is 0 Å². The molecule has 1 rings (SSSR count). The number of ether oxygens (including phenoxy) is 2. The van der Waals surface area contributed by atoms with E-state index in [-0.39, 0.29) is 5.97 Å². The maximum atomic E-state index is 11.8. The minimum absolute atomic E-state index is 0.366. The molecule has 0 aliphatic rings. The highest BCUT2D eigenvalue weighted by Gasteiger charge is 2.14. The second-order valence-electron chi connectivity index (χ2n) is 5.86. The van der Waals surface area contributed by atoms with E-state index in [2.05, 4.69) is 11.9 Å². The van der Waals surface area contributed by atoms with Crippen LogP contribution in [0.4, 0.5) is 0 Å². The summed E-state index contributed by atoms with van der Waals surface area (Å²) in [4.78, 5) is 16.0. The van der Waals surface area contributed by atoms with Crippen LogP contribution >= 0.6 is 0 Å². The zero-order valence-electron chi connectivity index (χ0n) is 13.6. The molecule has 0 saturated carbocycles. The Kier molecular flexibility index (Phi) is 6.40. The Morgan fingerprint density at radius 1 is 1.38 bits per heavy atom. The van der Waals surface area contributed by atoms with E-state index in [1.54, 1.807) is 19.4 Å². The Balaban J connectivity index is 2.96. The Morgan fingerprint density at radius 2 is 2.10 bits per heavy atom. The molecule has 0 atom stereocenters. The van der Waals surface area contributed by atoms with Crippen molar-refractivity contribution < 1.29 is 14.3 Å². The molecule has 4 nitrogen and oxygen atoms in total. The first-order valence-corrected chi connectivity index (χ1v) is 7.30. The zero-order valence-corrected chi connectivity index (χ0v) is 13.6. The molecule has 0 aromatic carbocycles. The highest BCUT2D eigenvalue weighted by molar-refractivity contribution is 5.88. The lowest BCUT2D eigenvalue weighted by Crippen LogP contribution is -2.22. The molecular formula is C17H25NO3. The van der Waals surface area contributed by atoms with Gasteiger partial charge in [0.05, 0.1) is 7.11 Å². The van der Waals surface area contributed by atoms with Gasteiger partial charge in [-0.2, -0.15) is 0 Å². The Hall–Kier alpha value is -1.84. The first-order chi connectivity index (χ1) is 9.87. The third kappa shape index (κ3) is 5.98. The molecule has 21 heavy (non-hydrogen) atoms. The fourth-order valence-corrected chi connectivity index (χ4v) is 1.90. The number of rotatable bonds is 6. The molecule has 0 amide bonds. The molecule has 0 fully saturated rings. The second kappa shape index (κ2) is 7.81. The number of hydrogen-bond donors (Lipinski definition) is 0. The van der Waals surface area contributed by atoms with Crippen molar-refractivity contribution in [3.05, 3.63) is 29.5 Å². The summed E-state index contributed by atoms with van der Waals surface area (Å²) in [5.74, 6) is 0.165. The number of aryl methyl sites for hydroxylation is 1. The summed E-state index contributed by atoms with van der Waals surface area (Å²) in [6, 6.07) is 1.97. The zero-order chi connectivity index (χ0) is 15.9. The number of hydrogen-bond acceptors (Lipinski definition) is 4. The smallest absolute Gasteiger partial charge is 0.331 e. The van der Waals surface area contributed by atoms with Gasteiger partial charge in [0.25, 0.3) is 0 Å². The van der Waals surface area contributed by atoms with Gasteiger partial charge in [-0.25, -0.2) is 9.78 Å². The summed E-state index contributed by atoms with van der Waals surface area (Å²) in [7, 11) is 1.58. The van der Waals surface area contributed by atoms with Gasteiger partial charge in [-0.05, 0) is 51.3 Å². The van der Waals surface area contributed by atoms with Crippen LogP contribution in [0.3, 0.4) is 0 Å². The first kappa shape index (κ1) is 17.2. The van der Waals surface area contributed by atoms with Crippen molar-refractivity contribution in [2.75, 3.05) is 7.11 Å². The molecule has 0 spiro atoms. The molecule has 0 unspecified atom stereocenters. The predicted octanol–water partition coefficient (Wildman–Crippen LogP) is 3.79. The van der Waals surface area contributed by atoms with E-state index in [0.29, 0.717) is 5.88 Å². The minimum Gasteiger partial charge on any atom is -0.481 e. The summed E-state index contributed by atoms with van der Waals surface area (Å²) < 4.78 is 10.6. The lowest BCUT2D eigenvalue weighted by atomic mass is 10.0. The number of nitrogens with zero attached hydrogens (tertiary/aromatic N) is 1. The van der Waals surface area contributed by atoms with Gasteiger partial charge in [0, 0.05) is 17.8 Å². The monoisotopic (exact) mass is 291 g/mol. The molecule has 116 valence electrons. The number of aromatic nitrogens is 1. The predicted molar refractivity (Wildman–Crippen MR) is 84.3 cm³/mol. The average molecular weight is 291 g/mol. The highest BCUT2D eigenvalue weighted by atomic mass is 16.6. The molecule has 0 radical (unpaired) electrons. The number of methoxy groups -OCH3 is 1. The molecular weight excluding hydrogens is 266 g/mol. The first-order valence-electron chi connectivity index (χ1n) is 7.30. The molecule has 1 aromatic heterocycles. The molecule has 0 N–H and O–H groups in total. The Labute approximate surface area is 127 Å². The maximum absolute atomic E-state index is 11.8. The summed E-state index contributed by atoms with van der Waals surface area (Å²) in [6.45, 7) is 7.68. The minimum atomic E-state index is -0.495. The fourth-order valence-electron chi connectivity index (χ4n) is 1.90. The average Bonchev–Trinajstić information content (AvgIpc) is 2.41. The quantitative estimate of drug-likeness (QED) is 0.591. The van der Waals surface area contributed by atoms with Crippen LogP contribution < -0.4 is 4.74 Å². The van der Waals surface area contributed by atoms with Crippen LogP contribution in [-0.2, 0) is 16.0 Å². The normalized spacial score (nSPS) is 11.7. The van der Waals surface area contributed by atoms with Crippen molar-refractivity contribution in [3.8, 4) is 5.88 Å². The van der Waals surface area contributed by atoms with Gasteiger partial charge in [-0.15, -0.1) is 0 Å². The summed E-state index contributed by atoms with van der Waals surface area (Å²) in [6.07, 6.45) is 8.02. The second-order valence-corrected chi connectivity index (χ2v) is 5.86. The Morgan fingerprint density at radius 3 is 2.67 bits per heavy atom. The maximum Gasteiger partial charge on any atom is 0.331 e. The molecule has 0 saturated heterocycles. The SMILES string of the molecule is CCCCc1ccnc(OC)c1/C=C/C(=O)OC(C)(C)C. The van der Waals surface area contributed by atoms with Crippen LogP contribution in [-0.4, -0.2) is 23.7 Å². The summed E-state index contributed by atoms with van der Waals surface area (Å²) in [5, 5.41) is 0. The van der Waals surface area contributed by atoms with Crippen LogP contribution in [0, 0.1) is 0 Å². The van der Waals surface area contributed by atoms with Crippen molar-refractivity contribution in [1.29, 1.82) is 0 Å². The van der Waals surface area contributed by atoms with Crippen LogP contribution in [0.25, 0.3) is 6.08 Å². The molecule has 0 bridgehead atoms. The fraction of sp³-hybridized carbons (Fsp3) is 0.529. The third-order valence-electron chi connectivity index (χ3n) is 2.83. The summed E-state index contributed by atoms with van der Waals surface area (Å²) >= 11 is 0. The van der Waals surface area contributed by atoms with Gasteiger partial charge in [0.1, 0.15) is 5.60 Å². The highest BCUT2D eigenvalue weighted by Crippen LogP contribution is 2.23. The van der Waals surface area contributed by atoms with E-state index in [4.69, 9.17) is 9.47 Å². The van der Waals surface area contributed by atoms with Crippen molar-refractivity contribution in [2.24, 2.45) is 0 Å². The van der Waals surface area contributed by atoms with Gasteiger partial charge in [-0.3, -0.25) is 0 Å². The molecule has 1 aromatic rings. The van der Waals surface area contributed by atoms with Crippen LogP contribution in [0.2, 0.25) is 0 Å². The van der Waals surface area contributed by atoms with Crippen molar-refractivity contribution in [1.82, 2.24) is 4.98 Å². The number of esters is 1. The lowest BCUT2D eigenvalue weighted by molar-refractivity contribution is -0.148. The van der Waals surface area contributed by atoms with E-state index in [9.17, 15) is 4.79 Å². The Bertz CT molecular complexity index is 501. The lowest BCUT2D eigenvalue weighted by Gasteiger charge is -2.18. The van der Waals surface area contributed by atoms with Gasteiger partial charge < -0.3 is 9.47 Å². The van der Waals surface area contributed by atoms with Gasteiger partial charge >= 0.3 is 5.97 Å². The molecule has 1 heterocycles. The molecule has 0 aliphatic heterocycles. The van der Waals surface area contributed by atoms with E-state index in [1.165, 1.54) is 6.08 Å². The van der Waals surface area contributed by atoms with Crippen molar-refractivity contribution in [2.45, 2.75) is 52.6 Å². The standard InChI is InChI=1S/C17H25NO3/c1-6-7-8-13-11-12-18-16(20-5)14(13)9-10-15(19)21-17(2,3)4/h9-12H,6-8H2,1-5H3/b10-9+.